The molecule has 16 heavy (non-hydrogen) atoms. The first-order chi connectivity index (χ1) is 7.70. The smallest absolute Gasteiger partial charge is 0.150 e. The first-order valence-corrected chi connectivity index (χ1v) is 5.93. The van der Waals surface area contributed by atoms with Gasteiger partial charge in [0.1, 0.15) is 5.82 Å². The predicted octanol–water partition coefficient (Wildman–Crippen LogP) is 1.28. The van der Waals surface area contributed by atoms with Crippen molar-refractivity contribution in [3.05, 3.63) is 17.6 Å². The van der Waals surface area contributed by atoms with E-state index in [0.717, 1.165) is 30.3 Å². The molecule has 1 aliphatic rings. The highest BCUT2D eigenvalue weighted by atomic mass is 15.2. The number of rotatable bonds is 2. The van der Waals surface area contributed by atoms with Gasteiger partial charge in [-0.05, 0) is 33.7 Å². The molecular formula is C12H20N4. The van der Waals surface area contributed by atoms with Crippen molar-refractivity contribution in [1.29, 1.82) is 0 Å². The minimum atomic E-state index is 0.579. The van der Waals surface area contributed by atoms with Crippen LogP contribution in [0.5, 0.6) is 0 Å². The molecule has 1 unspecified atom stereocenters. The number of aromatic nitrogens is 2. The molecule has 0 aliphatic carbocycles. The summed E-state index contributed by atoms with van der Waals surface area (Å²) in [6.45, 7) is 6.16. The molecule has 0 radical (unpaired) electrons. The number of anilines is 1. The minimum absolute atomic E-state index is 0.579. The van der Waals surface area contributed by atoms with Crippen molar-refractivity contribution in [2.24, 2.45) is 0 Å². The summed E-state index contributed by atoms with van der Waals surface area (Å²) in [6.07, 6.45) is 4.31. The molecule has 2 heterocycles. The molecule has 1 atom stereocenters. The van der Waals surface area contributed by atoms with E-state index in [1.54, 1.807) is 0 Å². The van der Waals surface area contributed by atoms with Crippen molar-refractivity contribution >= 4 is 5.82 Å². The molecule has 4 heteroatoms. The largest absolute Gasteiger partial charge is 0.354 e. The Morgan fingerprint density at radius 3 is 3.00 bits per heavy atom. The van der Waals surface area contributed by atoms with E-state index in [0.29, 0.717) is 6.04 Å². The highest BCUT2D eigenvalue weighted by molar-refractivity contribution is 5.43. The van der Waals surface area contributed by atoms with Crippen molar-refractivity contribution in [2.75, 3.05) is 25.0 Å². The molecule has 1 aromatic rings. The summed E-state index contributed by atoms with van der Waals surface area (Å²) in [6, 6.07) is 0.579. The molecule has 2 rings (SSSR count). The second kappa shape index (κ2) is 4.78. The topological polar surface area (TPSA) is 41.0 Å². The molecule has 1 aromatic heterocycles. The van der Waals surface area contributed by atoms with Crippen molar-refractivity contribution < 1.29 is 0 Å². The first-order valence-electron chi connectivity index (χ1n) is 5.93. The number of aryl methyl sites for hydroxylation is 2. The van der Waals surface area contributed by atoms with Gasteiger partial charge >= 0.3 is 0 Å². The van der Waals surface area contributed by atoms with Crippen molar-refractivity contribution in [3.8, 4) is 0 Å². The first kappa shape index (κ1) is 11.3. The third-order valence-corrected chi connectivity index (χ3v) is 3.18. The summed E-state index contributed by atoms with van der Waals surface area (Å²) in [5.41, 5.74) is 2.02. The molecule has 0 amide bonds. The van der Waals surface area contributed by atoms with Gasteiger partial charge in [-0.15, -0.1) is 0 Å². The fourth-order valence-corrected chi connectivity index (χ4v) is 2.23. The quantitative estimate of drug-likeness (QED) is 0.815. The number of nitrogens with one attached hydrogen (secondary N) is 1. The molecule has 0 saturated carbocycles. The number of likely N-dealkylation sites (N-methyl/N-ethyl adjacent to an activating group) is 1. The molecule has 88 valence electrons. The molecule has 1 saturated heterocycles. The van der Waals surface area contributed by atoms with E-state index in [2.05, 4.69) is 20.2 Å². The second-order valence-electron chi connectivity index (χ2n) is 4.49. The zero-order valence-corrected chi connectivity index (χ0v) is 10.3. The Labute approximate surface area is 97.1 Å². The normalized spacial score (nSPS) is 21.2. The van der Waals surface area contributed by atoms with Crippen molar-refractivity contribution in [2.45, 2.75) is 32.7 Å². The van der Waals surface area contributed by atoms with E-state index in [4.69, 9.17) is 0 Å². The highest BCUT2D eigenvalue weighted by Gasteiger charge is 2.21. The number of hydrogen-bond acceptors (Lipinski definition) is 4. The van der Waals surface area contributed by atoms with Gasteiger partial charge in [0.2, 0.25) is 0 Å². The molecule has 0 bridgehead atoms. The summed E-state index contributed by atoms with van der Waals surface area (Å²) in [7, 11) is 2.03. The Morgan fingerprint density at radius 2 is 2.25 bits per heavy atom. The van der Waals surface area contributed by atoms with E-state index < -0.39 is 0 Å². The fraction of sp³-hybridized carbons (Fsp3) is 0.667. The van der Waals surface area contributed by atoms with Gasteiger partial charge in [-0.25, -0.2) is 4.98 Å². The van der Waals surface area contributed by atoms with Crippen LogP contribution in [0.4, 0.5) is 5.82 Å². The van der Waals surface area contributed by atoms with E-state index in [-0.39, 0.29) is 0 Å². The Morgan fingerprint density at radius 1 is 1.44 bits per heavy atom. The van der Waals surface area contributed by atoms with Crippen LogP contribution in [0.15, 0.2) is 6.20 Å². The van der Waals surface area contributed by atoms with Crippen LogP contribution in [0, 0.1) is 13.8 Å². The summed E-state index contributed by atoms with van der Waals surface area (Å²) in [5, 5.41) is 3.35. The van der Waals surface area contributed by atoms with Crippen LogP contribution in [0.1, 0.15) is 24.2 Å². The molecule has 1 fully saturated rings. The van der Waals surface area contributed by atoms with E-state index in [9.17, 15) is 0 Å². The highest BCUT2D eigenvalue weighted by Crippen LogP contribution is 2.20. The maximum absolute atomic E-state index is 4.60. The summed E-state index contributed by atoms with van der Waals surface area (Å²) in [5.74, 6) is 1.06. The Kier molecular flexibility index (Phi) is 3.39. The molecule has 1 aliphatic heterocycles. The fourth-order valence-electron chi connectivity index (χ4n) is 2.23. The van der Waals surface area contributed by atoms with Crippen LogP contribution >= 0.6 is 0 Å². The molecule has 1 N–H and O–H groups in total. The Balaban J connectivity index is 2.19. The van der Waals surface area contributed by atoms with Gasteiger partial charge in [0, 0.05) is 25.3 Å². The summed E-state index contributed by atoms with van der Waals surface area (Å²) in [4.78, 5) is 11.3. The van der Waals surface area contributed by atoms with Crippen LogP contribution < -0.4 is 10.2 Å². The summed E-state index contributed by atoms with van der Waals surface area (Å²) < 4.78 is 0. The van der Waals surface area contributed by atoms with Crippen molar-refractivity contribution in [3.63, 3.8) is 0 Å². The van der Waals surface area contributed by atoms with E-state index in [1.165, 1.54) is 12.8 Å². The van der Waals surface area contributed by atoms with Gasteiger partial charge in [0.25, 0.3) is 0 Å². The van der Waals surface area contributed by atoms with Crippen LogP contribution in [0.3, 0.4) is 0 Å². The number of piperidine rings is 1. The van der Waals surface area contributed by atoms with Crippen LogP contribution in [0.2, 0.25) is 0 Å². The zero-order valence-electron chi connectivity index (χ0n) is 10.3. The third kappa shape index (κ3) is 2.32. The average Bonchev–Trinajstić information content (AvgIpc) is 2.32. The maximum atomic E-state index is 4.60. The Bertz CT molecular complexity index is 364. The summed E-state index contributed by atoms with van der Waals surface area (Å²) >= 11 is 0. The Hall–Kier alpha value is -1.16. The lowest BCUT2D eigenvalue weighted by atomic mass is 10.1. The predicted molar refractivity (Wildman–Crippen MR) is 65.8 cm³/mol. The van der Waals surface area contributed by atoms with Gasteiger partial charge in [-0.1, -0.05) is 0 Å². The lowest BCUT2D eigenvalue weighted by Gasteiger charge is -2.34. The standard InChI is InChI=1S/C12H20N4/c1-9-7-14-10(2)12(15-9)16-6-4-5-11(8-16)13-3/h7,11,13H,4-6,8H2,1-3H3. The van der Waals surface area contributed by atoms with Crippen LogP contribution in [-0.4, -0.2) is 36.1 Å². The van der Waals surface area contributed by atoms with E-state index >= 15 is 0 Å². The SMILES string of the molecule is CNC1CCCN(c2nc(C)cnc2C)C1. The van der Waals surface area contributed by atoms with Gasteiger partial charge < -0.3 is 10.2 Å². The monoisotopic (exact) mass is 220 g/mol. The van der Waals surface area contributed by atoms with Gasteiger partial charge in [-0.3, -0.25) is 4.98 Å². The zero-order chi connectivity index (χ0) is 11.5. The average molecular weight is 220 g/mol. The lowest BCUT2D eigenvalue weighted by Crippen LogP contribution is -2.45. The molecule has 0 spiro atoms. The molecular weight excluding hydrogens is 200 g/mol. The number of nitrogens with zero attached hydrogens (tertiary/aromatic N) is 3. The molecule has 4 nitrogen and oxygen atoms in total. The van der Waals surface area contributed by atoms with Gasteiger partial charge in [-0.2, -0.15) is 0 Å². The third-order valence-electron chi connectivity index (χ3n) is 3.18. The lowest BCUT2D eigenvalue weighted by molar-refractivity contribution is 0.446. The van der Waals surface area contributed by atoms with Crippen LogP contribution in [0.25, 0.3) is 0 Å². The number of hydrogen-bond donors (Lipinski definition) is 1. The minimum Gasteiger partial charge on any atom is -0.354 e. The van der Waals surface area contributed by atoms with E-state index in [1.807, 2.05) is 27.1 Å². The van der Waals surface area contributed by atoms with Gasteiger partial charge in [0.15, 0.2) is 0 Å². The maximum Gasteiger partial charge on any atom is 0.150 e. The van der Waals surface area contributed by atoms with Gasteiger partial charge in [0.05, 0.1) is 11.4 Å². The molecule has 0 aromatic carbocycles. The van der Waals surface area contributed by atoms with Crippen LogP contribution in [-0.2, 0) is 0 Å². The second-order valence-corrected chi connectivity index (χ2v) is 4.49. The van der Waals surface area contributed by atoms with Crippen molar-refractivity contribution in [1.82, 2.24) is 15.3 Å².